The van der Waals surface area contributed by atoms with Gasteiger partial charge < -0.3 is 10.5 Å². The zero-order chi connectivity index (χ0) is 10.4. The Labute approximate surface area is 83.9 Å². The van der Waals surface area contributed by atoms with Gasteiger partial charge in [-0.2, -0.15) is 0 Å². The Balaban J connectivity index is 2.64. The maximum Gasteiger partial charge on any atom is 0.124 e. The molecule has 14 heavy (non-hydrogen) atoms. The minimum atomic E-state index is -0.347. The van der Waals surface area contributed by atoms with Gasteiger partial charge in [-0.25, -0.2) is 0 Å². The van der Waals surface area contributed by atoms with E-state index in [1.807, 2.05) is 31.2 Å². The van der Waals surface area contributed by atoms with Crippen molar-refractivity contribution in [3.63, 3.8) is 0 Å². The second-order valence-electron chi connectivity index (χ2n) is 3.22. The number of alkyl halides is 1. The fourth-order valence-corrected chi connectivity index (χ4v) is 1.22. The molecule has 0 aliphatic carbocycles. The maximum absolute atomic E-state index is 11.9. The first-order valence-electron chi connectivity index (χ1n) is 4.79. The normalized spacial score (nSPS) is 12.5. The topological polar surface area (TPSA) is 35.2 Å². The summed E-state index contributed by atoms with van der Waals surface area (Å²) in [5.41, 5.74) is 6.73. The van der Waals surface area contributed by atoms with Gasteiger partial charge in [-0.1, -0.05) is 18.2 Å². The van der Waals surface area contributed by atoms with E-state index >= 15 is 0 Å². The van der Waals surface area contributed by atoms with E-state index in [2.05, 4.69) is 0 Å². The van der Waals surface area contributed by atoms with E-state index in [1.54, 1.807) is 0 Å². The molecule has 1 rings (SSSR count). The lowest BCUT2D eigenvalue weighted by molar-refractivity contribution is 0.286. The van der Waals surface area contributed by atoms with Crippen molar-refractivity contribution in [2.24, 2.45) is 5.73 Å². The molecule has 0 aliphatic rings. The van der Waals surface area contributed by atoms with Gasteiger partial charge in [-0.05, 0) is 13.0 Å². The first kappa shape index (κ1) is 11.0. The van der Waals surface area contributed by atoms with Gasteiger partial charge in [-0.3, -0.25) is 4.39 Å². The molecule has 0 aliphatic heterocycles. The molecule has 0 unspecified atom stereocenters. The quantitative estimate of drug-likeness (QED) is 0.736. The molecule has 0 saturated carbocycles. The third-order valence-electron chi connectivity index (χ3n) is 1.95. The van der Waals surface area contributed by atoms with Crippen LogP contribution in [0.15, 0.2) is 24.3 Å². The number of nitrogens with two attached hydrogens (primary N) is 1. The van der Waals surface area contributed by atoms with E-state index in [0.717, 1.165) is 11.3 Å². The molecule has 78 valence electrons. The first-order chi connectivity index (χ1) is 6.75. The van der Waals surface area contributed by atoms with Crippen molar-refractivity contribution in [3.8, 4) is 5.75 Å². The Bertz CT molecular complexity index is 276. The molecular weight excluding hydrogens is 181 g/mol. The molecule has 0 amide bonds. The predicted octanol–water partition coefficient (Wildman–Crippen LogP) is 2.44. The Morgan fingerprint density at radius 2 is 2.14 bits per heavy atom. The van der Waals surface area contributed by atoms with Crippen molar-refractivity contribution in [1.29, 1.82) is 0 Å². The monoisotopic (exact) mass is 197 g/mol. The average Bonchev–Trinajstić information content (AvgIpc) is 2.19. The van der Waals surface area contributed by atoms with E-state index in [-0.39, 0.29) is 12.7 Å². The van der Waals surface area contributed by atoms with Crippen LogP contribution in [0.4, 0.5) is 4.39 Å². The van der Waals surface area contributed by atoms with E-state index in [9.17, 15) is 4.39 Å². The molecule has 2 nitrogen and oxygen atoms in total. The summed E-state index contributed by atoms with van der Waals surface area (Å²) >= 11 is 0. The molecule has 0 heterocycles. The lowest BCUT2D eigenvalue weighted by atomic mass is 10.1. The molecule has 0 saturated heterocycles. The van der Waals surface area contributed by atoms with Crippen LogP contribution in [0.2, 0.25) is 0 Å². The third-order valence-corrected chi connectivity index (χ3v) is 1.95. The van der Waals surface area contributed by atoms with Gasteiger partial charge in [0.1, 0.15) is 5.75 Å². The summed E-state index contributed by atoms with van der Waals surface area (Å²) in [6, 6.07) is 7.53. The zero-order valence-corrected chi connectivity index (χ0v) is 8.37. The van der Waals surface area contributed by atoms with Gasteiger partial charge in [0.2, 0.25) is 0 Å². The molecular formula is C11H16FNO. The highest BCUT2D eigenvalue weighted by atomic mass is 19.1. The van der Waals surface area contributed by atoms with Crippen molar-refractivity contribution in [2.75, 3.05) is 13.3 Å². The standard InChI is InChI=1S/C11H16FNO/c1-9(13)10-5-2-3-6-11(10)14-8-4-7-12/h2-3,5-6,9H,4,7-8,13H2,1H3/t9-/m0/s1. The van der Waals surface area contributed by atoms with Crippen molar-refractivity contribution >= 4 is 0 Å². The fraction of sp³-hybridized carbons (Fsp3) is 0.455. The van der Waals surface area contributed by atoms with Crippen LogP contribution in [0, 0.1) is 0 Å². The zero-order valence-electron chi connectivity index (χ0n) is 8.37. The number of hydrogen-bond donors (Lipinski definition) is 1. The predicted molar refractivity (Wildman–Crippen MR) is 55.1 cm³/mol. The SMILES string of the molecule is C[C@H](N)c1ccccc1OCCCF. The molecule has 3 heteroatoms. The number of halogens is 1. The van der Waals surface area contributed by atoms with Crippen LogP contribution in [0.25, 0.3) is 0 Å². The molecule has 0 radical (unpaired) electrons. The number of hydrogen-bond acceptors (Lipinski definition) is 2. The number of benzene rings is 1. The summed E-state index contributed by atoms with van der Waals surface area (Å²) in [7, 11) is 0. The summed E-state index contributed by atoms with van der Waals surface area (Å²) < 4.78 is 17.3. The van der Waals surface area contributed by atoms with E-state index < -0.39 is 0 Å². The number of ether oxygens (including phenoxy) is 1. The van der Waals surface area contributed by atoms with Gasteiger partial charge in [0.25, 0.3) is 0 Å². The Hall–Kier alpha value is -1.09. The molecule has 0 fully saturated rings. The van der Waals surface area contributed by atoms with Crippen molar-refractivity contribution in [1.82, 2.24) is 0 Å². The van der Waals surface area contributed by atoms with E-state index in [4.69, 9.17) is 10.5 Å². The molecule has 0 spiro atoms. The molecule has 2 N–H and O–H groups in total. The van der Waals surface area contributed by atoms with Crippen LogP contribution in [-0.4, -0.2) is 13.3 Å². The summed E-state index contributed by atoms with van der Waals surface area (Å²) in [4.78, 5) is 0. The first-order valence-corrected chi connectivity index (χ1v) is 4.79. The highest BCUT2D eigenvalue weighted by molar-refractivity contribution is 5.35. The van der Waals surface area contributed by atoms with E-state index in [0.29, 0.717) is 13.0 Å². The van der Waals surface area contributed by atoms with Crippen LogP contribution in [-0.2, 0) is 0 Å². The van der Waals surface area contributed by atoms with Crippen molar-refractivity contribution in [3.05, 3.63) is 29.8 Å². The van der Waals surface area contributed by atoms with E-state index in [1.165, 1.54) is 0 Å². The third kappa shape index (κ3) is 3.00. The Morgan fingerprint density at radius 1 is 1.43 bits per heavy atom. The number of rotatable bonds is 5. The van der Waals surface area contributed by atoms with Gasteiger partial charge in [0.05, 0.1) is 13.3 Å². The second kappa shape index (κ2) is 5.60. The largest absolute Gasteiger partial charge is 0.493 e. The Morgan fingerprint density at radius 3 is 2.79 bits per heavy atom. The van der Waals surface area contributed by atoms with Gasteiger partial charge in [-0.15, -0.1) is 0 Å². The molecule has 1 aromatic carbocycles. The Kier molecular flexibility index (Phi) is 4.40. The van der Waals surface area contributed by atoms with Crippen LogP contribution < -0.4 is 10.5 Å². The molecule has 1 atom stereocenters. The second-order valence-corrected chi connectivity index (χ2v) is 3.22. The lowest BCUT2D eigenvalue weighted by Crippen LogP contribution is -2.08. The van der Waals surface area contributed by atoms with Crippen molar-refractivity contribution in [2.45, 2.75) is 19.4 Å². The van der Waals surface area contributed by atoms with Crippen molar-refractivity contribution < 1.29 is 9.13 Å². The van der Waals surface area contributed by atoms with Gasteiger partial charge in [0.15, 0.2) is 0 Å². The minimum absolute atomic E-state index is 0.0587. The van der Waals surface area contributed by atoms with Gasteiger partial charge in [0, 0.05) is 18.0 Å². The van der Waals surface area contributed by atoms with Gasteiger partial charge >= 0.3 is 0 Å². The molecule has 0 aromatic heterocycles. The lowest BCUT2D eigenvalue weighted by Gasteiger charge is -2.12. The molecule has 1 aromatic rings. The highest BCUT2D eigenvalue weighted by Gasteiger charge is 2.06. The maximum atomic E-state index is 11.9. The smallest absolute Gasteiger partial charge is 0.124 e. The van der Waals surface area contributed by atoms with Crippen LogP contribution in [0.1, 0.15) is 24.9 Å². The summed E-state index contributed by atoms with van der Waals surface area (Å²) in [5.74, 6) is 0.760. The highest BCUT2D eigenvalue weighted by Crippen LogP contribution is 2.23. The summed E-state index contributed by atoms with van der Waals surface area (Å²) in [6.45, 7) is 1.96. The summed E-state index contributed by atoms with van der Waals surface area (Å²) in [5, 5.41) is 0. The minimum Gasteiger partial charge on any atom is -0.493 e. The summed E-state index contributed by atoms with van der Waals surface area (Å²) in [6.07, 6.45) is 0.424. The van der Waals surface area contributed by atoms with Crippen LogP contribution in [0.3, 0.4) is 0 Å². The van der Waals surface area contributed by atoms with Crippen LogP contribution >= 0.6 is 0 Å². The fourth-order valence-electron chi connectivity index (χ4n) is 1.22. The van der Waals surface area contributed by atoms with Crippen LogP contribution in [0.5, 0.6) is 5.75 Å². The number of para-hydroxylation sites is 1. The molecule has 0 bridgehead atoms. The average molecular weight is 197 g/mol.